The van der Waals surface area contributed by atoms with E-state index in [1.807, 2.05) is 0 Å². The Morgan fingerprint density at radius 1 is 1.14 bits per heavy atom. The Morgan fingerprint density at radius 2 is 1.50 bits per heavy atom. The normalized spacial score (nSPS) is 16.8. The van der Waals surface area contributed by atoms with Gasteiger partial charge in [-0.05, 0) is 12.3 Å². The van der Waals surface area contributed by atoms with E-state index in [1.165, 1.54) is 6.92 Å². The molecule has 0 spiro atoms. The van der Waals surface area contributed by atoms with Gasteiger partial charge in [0.1, 0.15) is 0 Å². The Kier molecular flexibility index (Phi) is 3.61. The van der Waals surface area contributed by atoms with Gasteiger partial charge in [-0.15, -0.1) is 0 Å². The van der Waals surface area contributed by atoms with Crippen LogP contribution in [-0.4, -0.2) is 20.0 Å². The molecule has 0 fully saturated rings. The summed E-state index contributed by atoms with van der Waals surface area (Å²) in [7, 11) is -5.48. The van der Waals surface area contributed by atoms with Gasteiger partial charge in [0.05, 0.1) is 6.10 Å². The van der Waals surface area contributed by atoms with Crippen molar-refractivity contribution in [3.63, 3.8) is 0 Å². The van der Waals surface area contributed by atoms with Crippen LogP contribution in [0.15, 0.2) is 0 Å². The van der Waals surface area contributed by atoms with Gasteiger partial charge in [-0.1, -0.05) is 20.8 Å². The molecule has 0 saturated carbocycles. The molecule has 0 radical (unpaired) electrons. The summed E-state index contributed by atoms with van der Waals surface area (Å²) in [5.74, 6) is 0. The van der Waals surface area contributed by atoms with Gasteiger partial charge in [-0.25, -0.2) is 0 Å². The summed E-state index contributed by atoms with van der Waals surface area (Å²) in [6, 6.07) is 0. The molecule has 0 rings (SSSR count). The summed E-state index contributed by atoms with van der Waals surface area (Å²) in [5, 5.41) is 0. The molecule has 0 N–H and O–H groups in total. The fraction of sp³-hybridized carbons (Fsp3) is 1.00. The summed E-state index contributed by atoms with van der Waals surface area (Å²) in [5.41, 5.74) is -6.02. The van der Waals surface area contributed by atoms with Crippen LogP contribution in [0.3, 0.4) is 0 Å². The third kappa shape index (κ3) is 3.45. The molecule has 14 heavy (non-hydrogen) atoms. The zero-order valence-corrected chi connectivity index (χ0v) is 9.16. The minimum atomic E-state index is -5.48. The number of rotatable bonds is 2. The maximum absolute atomic E-state index is 11.9. The van der Waals surface area contributed by atoms with Crippen LogP contribution in [-0.2, 0) is 14.3 Å². The quantitative estimate of drug-likeness (QED) is 0.544. The van der Waals surface area contributed by atoms with Crippen LogP contribution >= 0.6 is 0 Å². The standard InChI is InChI=1S/C7H13F3O3S/c1-5(6(2,3)4)13-14(11,12)7(8,9)10/h5H,1-4H3. The van der Waals surface area contributed by atoms with E-state index < -0.39 is 27.1 Å². The van der Waals surface area contributed by atoms with Gasteiger partial charge in [-0.2, -0.15) is 21.6 Å². The second-order valence-corrected chi connectivity index (χ2v) is 5.57. The van der Waals surface area contributed by atoms with Gasteiger partial charge in [0, 0.05) is 0 Å². The Balaban J connectivity index is 4.72. The van der Waals surface area contributed by atoms with E-state index in [1.54, 1.807) is 20.8 Å². The van der Waals surface area contributed by atoms with E-state index in [4.69, 9.17) is 0 Å². The van der Waals surface area contributed by atoms with Crippen molar-refractivity contribution < 1.29 is 25.8 Å². The molecule has 0 heterocycles. The molecular weight excluding hydrogens is 221 g/mol. The fourth-order valence-corrected chi connectivity index (χ4v) is 1.17. The first-order valence-corrected chi connectivity index (χ1v) is 5.28. The summed E-state index contributed by atoms with van der Waals surface area (Å²) in [4.78, 5) is 0. The monoisotopic (exact) mass is 234 g/mol. The second kappa shape index (κ2) is 3.69. The lowest BCUT2D eigenvalue weighted by Gasteiger charge is -2.26. The minimum absolute atomic E-state index is 0.668. The van der Waals surface area contributed by atoms with E-state index in [9.17, 15) is 21.6 Å². The van der Waals surface area contributed by atoms with E-state index in [-0.39, 0.29) is 0 Å². The Hall–Kier alpha value is -0.300. The molecule has 0 aromatic heterocycles. The molecule has 0 aliphatic carbocycles. The van der Waals surface area contributed by atoms with Crippen molar-refractivity contribution in [2.45, 2.75) is 39.3 Å². The summed E-state index contributed by atoms with van der Waals surface area (Å²) >= 11 is 0. The smallest absolute Gasteiger partial charge is 0.260 e. The SMILES string of the molecule is CC(OS(=O)(=O)C(F)(F)F)C(C)(C)C. The lowest BCUT2D eigenvalue weighted by atomic mass is 9.91. The van der Waals surface area contributed by atoms with Crippen LogP contribution in [0, 0.1) is 5.41 Å². The molecule has 1 atom stereocenters. The van der Waals surface area contributed by atoms with E-state index in [2.05, 4.69) is 4.18 Å². The topological polar surface area (TPSA) is 43.4 Å². The molecule has 7 heteroatoms. The molecule has 0 aliphatic rings. The molecule has 0 bridgehead atoms. The van der Waals surface area contributed by atoms with Crippen molar-refractivity contribution in [3.05, 3.63) is 0 Å². The first kappa shape index (κ1) is 13.7. The van der Waals surface area contributed by atoms with Crippen molar-refractivity contribution in [1.82, 2.24) is 0 Å². The maximum atomic E-state index is 11.9. The van der Waals surface area contributed by atoms with Gasteiger partial charge < -0.3 is 0 Å². The molecule has 0 aliphatic heterocycles. The van der Waals surface area contributed by atoms with Crippen molar-refractivity contribution >= 4 is 10.1 Å². The van der Waals surface area contributed by atoms with Crippen LogP contribution in [0.1, 0.15) is 27.7 Å². The van der Waals surface area contributed by atoms with Crippen LogP contribution in [0.5, 0.6) is 0 Å². The lowest BCUT2D eigenvalue weighted by molar-refractivity contribution is -0.0606. The van der Waals surface area contributed by atoms with Gasteiger partial charge in [0.15, 0.2) is 0 Å². The summed E-state index contributed by atoms with van der Waals surface area (Å²) in [6.07, 6.45) is -1.03. The first-order chi connectivity index (χ1) is 5.88. The molecule has 3 nitrogen and oxygen atoms in total. The van der Waals surface area contributed by atoms with E-state index in [0.717, 1.165) is 0 Å². The van der Waals surface area contributed by atoms with Gasteiger partial charge >= 0.3 is 15.6 Å². The highest BCUT2D eigenvalue weighted by Crippen LogP contribution is 2.30. The highest BCUT2D eigenvalue weighted by Gasteiger charge is 2.49. The molecule has 0 amide bonds. The minimum Gasteiger partial charge on any atom is -0.260 e. The van der Waals surface area contributed by atoms with Crippen molar-refractivity contribution in [2.24, 2.45) is 5.41 Å². The third-order valence-electron chi connectivity index (χ3n) is 1.77. The molecule has 1 unspecified atom stereocenters. The predicted molar refractivity (Wildman–Crippen MR) is 45.0 cm³/mol. The predicted octanol–water partition coefficient (Wildman–Crippen LogP) is 2.29. The Labute approximate surface area is 81.4 Å². The van der Waals surface area contributed by atoms with Crippen molar-refractivity contribution in [3.8, 4) is 0 Å². The van der Waals surface area contributed by atoms with Crippen LogP contribution < -0.4 is 0 Å². The zero-order valence-electron chi connectivity index (χ0n) is 8.34. The highest BCUT2D eigenvalue weighted by atomic mass is 32.2. The molecule has 86 valence electrons. The van der Waals surface area contributed by atoms with E-state index >= 15 is 0 Å². The average molecular weight is 234 g/mol. The Bertz CT molecular complexity index is 286. The number of halogens is 3. The second-order valence-electron chi connectivity index (χ2n) is 4.00. The van der Waals surface area contributed by atoms with Gasteiger partial charge in [-0.3, -0.25) is 4.18 Å². The Morgan fingerprint density at radius 3 is 1.71 bits per heavy atom. The number of alkyl halides is 3. The van der Waals surface area contributed by atoms with Crippen molar-refractivity contribution in [1.29, 1.82) is 0 Å². The molecular formula is C7H13F3O3S. The van der Waals surface area contributed by atoms with Crippen LogP contribution in [0.2, 0.25) is 0 Å². The van der Waals surface area contributed by atoms with E-state index in [0.29, 0.717) is 0 Å². The molecule has 0 aromatic rings. The number of hydrogen-bond acceptors (Lipinski definition) is 3. The van der Waals surface area contributed by atoms with Gasteiger partial charge in [0.25, 0.3) is 0 Å². The summed E-state index contributed by atoms with van der Waals surface area (Å²) in [6.45, 7) is 6.04. The third-order valence-corrected chi connectivity index (χ3v) is 2.88. The van der Waals surface area contributed by atoms with Crippen molar-refractivity contribution in [2.75, 3.05) is 0 Å². The highest BCUT2D eigenvalue weighted by molar-refractivity contribution is 7.87. The van der Waals surface area contributed by atoms with Crippen LogP contribution in [0.4, 0.5) is 13.2 Å². The molecule has 0 aromatic carbocycles. The largest absolute Gasteiger partial charge is 0.523 e. The average Bonchev–Trinajstić information content (AvgIpc) is 1.80. The zero-order chi connectivity index (χ0) is 11.8. The fourth-order valence-electron chi connectivity index (χ4n) is 0.389. The molecule has 0 saturated heterocycles. The summed E-state index contributed by atoms with van der Waals surface area (Å²) < 4.78 is 60.7. The van der Waals surface area contributed by atoms with Crippen LogP contribution in [0.25, 0.3) is 0 Å². The lowest BCUT2D eigenvalue weighted by Crippen LogP contribution is -2.34. The maximum Gasteiger partial charge on any atom is 0.523 e. The first-order valence-electron chi connectivity index (χ1n) is 3.87. The van der Waals surface area contributed by atoms with Gasteiger partial charge in [0.2, 0.25) is 0 Å². The number of hydrogen-bond donors (Lipinski definition) is 0.